The third-order valence-corrected chi connectivity index (χ3v) is 9.63. The lowest BCUT2D eigenvalue weighted by atomic mass is 10.1. The van der Waals surface area contributed by atoms with Crippen molar-refractivity contribution in [3.8, 4) is 0 Å². The number of nitrogens with zero attached hydrogens (tertiary/aromatic N) is 1. The van der Waals surface area contributed by atoms with Crippen molar-refractivity contribution in [1.82, 2.24) is 0 Å². The Balaban J connectivity index is 4.75. The van der Waals surface area contributed by atoms with Crippen LogP contribution in [0.5, 0.6) is 0 Å². The minimum Gasteiger partial charge on any atom is -0.756 e. The zero-order chi connectivity index (χ0) is 46.0. The number of hydrogen-bond acceptors (Lipinski definition) is 10. The van der Waals surface area contributed by atoms with Crippen LogP contribution in [0.2, 0.25) is 0 Å². The highest BCUT2D eigenvalue weighted by Gasteiger charge is 2.22. The molecule has 11 nitrogen and oxygen atoms in total. The summed E-state index contributed by atoms with van der Waals surface area (Å²) in [5.74, 6) is -1.19. The van der Waals surface area contributed by atoms with E-state index in [1.165, 1.54) is 12.8 Å². The Hall–Kier alpha value is -3.67. The molecule has 0 aliphatic heterocycles. The number of aliphatic hydroxyl groups is 2. The molecule has 1 unspecified atom stereocenters. The zero-order valence-corrected chi connectivity index (χ0v) is 39.4. The number of ether oxygens (including phenoxy) is 2. The van der Waals surface area contributed by atoms with Crippen molar-refractivity contribution < 1.29 is 52.3 Å². The van der Waals surface area contributed by atoms with Crippen molar-refractivity contribution in [3.05, 3.63) is 122 Å². The van der Waals surface area contributed by atoms with Gasteiger partial charge in [0, 0.05) is 12.8 Å². The zero-order valence-electron chi connectivity index (χ0n) is 38.5. The Bertz CT molecular complexity index is 1500. The van der Waals surface area contributed by atoms with Crippen LogP contribution in [0.25, 0.3) is 0 Å². The van der Waals surface area contributed by atoms with Gasteiger partial charge in [0.1, 0.15) is 19.8 Å². The topological polar surface area (TPSA) is 152 Å². The Labute approximate surface area is 374 Å². The molecule has 0 bridgehead atoms. The number of hydrogen-bond donors (Lipinski definition) is 2. The van der Waals surface area contributed by atoms with E-state index in [0.29, 0.717) is 30.3 Å². The lowest BCUT2D eigenvalue weighted by molar-refractivity contribution is -0.870. The summed E-state index contributed by atoms with van der Waals surface area (Å²) >= 11 is 0. The number of unbranched alkanes of at least 4 members (excludes halogenated alkanes) is 3. The van der Waals surface area contributed by atoms with Crippen LogP contribution in [0, 0.1) is 0 Å². The third-order valence-electron chi connectivity index (χ3n) is 8.67. The fourth-order valence-electron chi connectivity index (χ4n) is 5.11. The van der Waals surface area contributed by atoms with Gasteiger partial charge in [-0.25, -0.2) is 0 Å². The summed E-state index contributed by atoms with van der Waals surface area (Å²) < 4.78 is 33.6. The second kappa shape index (κ2) is 40.1. The molecule has 0 aromatic rings. The second-order valence-electron chi connectivity index (χ2n) is 15.7. The Morgan fingerprint density at radius 2 is 1.18 bits per heavy atom. The van der Waals surface area contributed by atoms with Crippen LogP contribution in [-0.4, -0.2) is 92.5 Å². The molecule has 0 radical (unpaired) electrons. The van der Waals surface area contributed by atoms with Gasteiger partial charge in [-0.1, -0.05) is 148 Å². The number of likely N-dealkylation sites (N-methyl/N-ethyl adjacent to an activating group) is 1. The summed E-state index contributed by atoms with van der Waals surface area (Å²) in [5.41, 5.74) is 0. The van der Waals surface area contributed by atoms with Crippen molar-refractivity contribution in [2.45, 2.75) is 135 Å². The van der Waals surface area contributed by atoms with Crippen LogP contribution in [-0.2, 0) is 32.7 Å². The Morgan fingerprint density at radius 1 is 0.629 bits per heavy atom. The van der Waals surface area contributed by atoms with E-state index in [9.17, 15) is 29.3 Å². The number of aliphatic hydroxyl groups excluding tert-OH is 2. The van der Waals surface area contributed by atoms with Gasteiger partial charge in [0.15, 0.2) is 6.10 Å². The van der Waals surface area contributed by atoms with E-state index >= 15 is 0 Å². The average molecular weight is 886 g/mol. The fourth-order valence-corrected chi connectivity index (χ4v) is 5.84. The molecule has 4 atom stereocenters. The van der Waals surface area contributed by atoms with E-state index in [1.807, 2.05) is 39.4 Å². The van der Waals surface area contributed by atoms with Gasteiger partial charge in [-0.15, -0.1) is 0 Å². The molecule has 0 amide bonds. The van der Waals surface area contributed by atoms with E-state index in [4.69, 9.17) is 18.5 Å². The highest BCUT2D eigenvalue weighted by molar-refractivity contribution is 7.45. The number of esters is 2. The maximum atomic E-state index is 12.7. The molecule has 62 heavy (non-hydrogen) atoms. The van der Waals surface area contributed by atoms with Crippen molar-refractivity contribution in [2.24, 2.45) is 0 Å². The van der Waals surface area contributed by atoms with Crippen LogP contribution in [0.1, 0.15) is 117 Å². The Morgan fingerprint density at radius 3 is 1.74 bits per heavy atom. The van der Waals surface area contributed by atoms with Crippen molar-refractivity contribution in [1.29, 1.82) is 0 Å². The summed E-state index contributed by atoms with van der Waals surface area (Å²) in [5, 5.41) is 20.4. The molecule has 0 aliphatic carbocycles. The predicted octanol–water partition coefficient (Wildman–Crippen LogP) is 10.2. The van der Waals surface area contributed by atoms with Crippen molar-refractivity contribution >= 4 is 19.8 Å². The van der Waals surface area contributed by atoms with E-state index < -0.39 is 51.3 Å². The highest BCUT2D eigenvalue weighted by atomic mass is 31.2. The summed E-state index contributed by atoms with van der Waals surface area (Å²) in [6, 6.07) is 0. The lowest BCUT2D eigenvalue weighted by Crippen LogP contribution is -2.37. The molecule has 12 heteroatoms. The second-order valence-corrected chi connectivity index (χ2v) is 17.1. The first-order chi connectivity index (χ1) is 29.8. The standard InChI is InChI=1S/C50H80NO10P/c1-6-8-10-12-14-15-16-17-18-19-20-21-22-23-24-25-26-28-34-40-49(54)58-44-48(45-60-62(56,57)59-43-42-51(3,4)5)61-50(55)41-35-39-47(53)38-33-30-29-32-37-46(52)36-31-27-13-11-9-7-2/h8,10,14-15,17-18,20-21,23-24,26-33,37-38,46-48,52-53H,6-7,9,11-13,16,19,22,25,34-36,39-45H2,1-5H3/b10-8-,15-14-,18-17-,21-20-,24-23-,28-26-,30-29+,31-27-,37-32+,38-33-/t46-,47-,48+/m0/s1. The maximum absolute atomic E-state index is 12.7. The lowest BCUT2D eigenvalue weighted by Gasteiger charge is -2.28. The SMILES string of the molecule is CC/C=C\C/C=C\C/C=C\C/C=C\C/C=C\C/C=C\CCC(=O)OC[C@H](COP(=O)([O-])OCC[N+](C)(C)C)OC(=O)CCC[C@@H](O)\C=C/C=C/C=C/[C@@H](O)C/C=C\CCCCC. The van der Waals surface area contributed by atoms with Gasteiger partial charge in [0.2, 0.25) is 0 Å². The average Bonchev–Trinajstić information content (AvgIpc) is 3.21. The van der Waals surface area contributed by atoms with Crippen molar-refractivity contribution in [2.75, 3.05) is 47.5 Å². The highest BCUT2D eigenvalue weighted by Crippen LogP contribution is 2.38. The number of rotatable bonds is 38. The van der Waals surface area contributed by atoms with Gasteiger partial charge in [-0.2, -0.15) is 0 Å². The van der Waals surface area contributed by atoms with E-state index in [0.717, 1.165) is 51.4 Å². The molecule has 0 saturated carbocycles. The number of carbonyl (C=O) groups excluding carboxylic acids is 2. The molecule has 0 fully saturated rings. The first kappa shape index (κ1) is 58.3. The minimum atomic E-state index is -4.72. The van der Waals surface area contributed by atoms with Crippen LogP contribution >= 0.6 is 7.82 Å². The van der Waals surface area contributed by atoms with E-state index in [2.05, 4.69) is 80.7 Å². The smallest absolute Gasteiger partial charge is 0.306 e. The maximum Gasteiger partial charge on any atom is 0.306 e. The number of quaternary nitrogens is 1. The third kappa shape index (κ3) is 43.0. The van der Waals surface area contributed by atoms with Crippen LogP contribution in [0.15, 0.2) is 122 Å². The van der Waals surface area contributed by atoms with E-state index in [-0.39, 0.29) is 25.9 Å². The molecular weight excluding hydrogens is 806 g/mol. The summed E-state index contributed by atoms with van der Waals surface area (Å²) in [7, 11) is 0.947. The molecule has 0 spiro atoms. The predicted molar refractivity (Wildman–Crippen MR) is 252 cm³/mol. The van der Waals surface area contributed by atoms with Crippen LogP contribution in [0.3, 0.4) is 0 Å². The largest absolute Gasteiger partial charge is 0.756 e. The van der Waals surface area contributed by atoms with Crippen LogP contribution < -0.4 is 4.89 Å². The molecule has 0 rings (SSSR count). The molecule has 2 N–H and O–H groups in total. The number of phosphoric ester groups is 1. The van der Waals surface area contributed by atoms with Gasteiger partial charge >= 0.3 is 11.9 Å². The summed E-state index contributed by atoms with van der Waals surface area (Å²) in [6.07, 6.45) is 48.7. The van der Waals surface area contributed by atoms with Gasteiger partial charge in [-0.3, -0.25) is 14.2 Å². The number of carbonyl (C=O) groups is 2. The molecule has 0 aromatic carbocycles. The Kier molecular flexibility index (Phi) is 37.8. The monoisotopic (exact) mass is 886 g/mol. The van der Waals surface area contributed by atoms with Crippen molar-refractivity contribution in [3.63, 3.8) is 0 Å². The number of phosphoric acid groups is 1. The van der Waals surface area contributed by atoms with Gasteiger partial charge in [0.05, 0.1) is 40.0 Å². The number of allylic oxidation sites excluding steroid dienone is 17. The first-order valence-electron chi connectivity index (χ1n) is 22.5. The molecule has 350 valence electrons. The molecule has 0 aliphatic rings. The summed E-state index contributed by atoms with van der Waals surface area (Å²) in [4.78, 5) is 37.6. The van der Waals surface area contributed by atoms with Gasteiger partial charge in [-0.05, 0) is 77.0 Å². The molecule has 0 saturated heterocycles. The summed E-state index contributed by atoms with van der Waals surface area (Å²) in [6.45, 7) is 3.64. The van der Waals surface area contributed by atoms with Gasteiger partial charge < -0.3 is 38.1 Å². The van der Waals surface area contributed by atoms with Crippen LogP contribution in [0.4, 0.5) is 0 Å². The first-order valence-corrected chi connectivity index (χ1v) is 23.9. The minimum absolute atomic E-state index is 0.0589. The normalized spacial score (nSPS) is 15.7. The quantitative estimate of drug-likeness (QED) is 0.0153. The fraction of sp³-hybridized carbons (Fsp3) is 0.560. The molecule has 0 heterocycles. The molecule has 0 aromatic heterocycles. The van der Waals surface area contributed by atoms with E-state index in [1.54, 1.807) is 36.5 Å². The molecular formula is C50H80NO10P. The van der Waals surface area contributed by atoms with Gasteiger partial charge in [0.25, 0.3) is 7.82 Å².